The summed E-state index contributed by atoms with van der Waals surface area (Å²) in [5, 5.41) is 3.79. The predicted octanol–water partition coefficient (Wildman–Crippen LogP) is 4.19. The number of hydrogen-bond donors (Lipinski definition) is 1. The molecule has 0 aliphatic rings. The highest BCUT2D eigenvalue weighted by molar-refractivity contribution is 6.32. The third-order valence-electron chi connectivity index (χ3n) is 3.00. The molecule has 2 aromatic carbocycles. The molecule has 22 heavy (non-hydrogen) atoms. The van der Waals surface area contributed by atoms with E-state index >= 15 is 0 Å². The van der Waals surface area contributed by atoms with Crippen molar-refractivity contribution in [1.29, 1.82) is 0 Å². The van der Waals surface area contributed by atoms with Gasteiger partial charge in [-0.05, 0) is 17.7 Å². The number of anilines is 1. The normalized spacial score (nSPS) is 10.2. The van der Waals surface area contributed by atoms with E-state index in [0.717, 1.165) is 5.56 Å². The minimum absolute atomic E-state index is 0.190. The van der Waals surface area contributed by atoms with E-state index in [4.69, 9.17) is 32.7 Å². The summed E-state index contributed by atoms with van der Waals surface area (Å²) < 4.78 is 10.4. The van der Waals surface area contributed by atoms with Crippen LogP contribution >= 0.6 is 23.2 Å². The van der Waals surface area contributed by atoms with Crippen LogP contribution in [-0.2, 0) is 11.2 Å². The van der Waals surface area contributed by atoms with Crippen LogP contribution < -0.4 is 14.8 Å². The molecule has 0 spiro atoms. The summed E-state index contributed by atoms with van der Waals surface area (Å²) in [6.45, 7) is 0. The number of amides is 1. The van der Waals surface area contributed by atoms with Gasteiger partial charge in [-0.2, -0.15) is 0 Å². The molecule has 6 heteroatoms. The van der Waals surface area contributed by atoms with E-state index in [1.165, 1.54) is 14.2 Å². The highest BCUT2D eigenvalue weighted by Crippen LogP contribution is 2.35. The molecule has 2 aromatic rings. The molecule has 116 valence electrons. The molecular formula is C16H15Cl2NO3. The lowest BCUT2D eigenvalue weighted by molar-refractivity contribution is -0.115. The Hall–Kier alpha value is -1.91. The Morgan fingerprint density at radius 3 is 2.45 bits per heavy atom. The van der Waals surface area contributed by atoms with Crippen molar-refractivity contribution in [2.75, 3.05) is 19.5 Å². The van der Waals surface area contributed by atoms with Crippen molar-refractivity contribution < 1.29 is 14.3 Å². The van der Waals surface area contributed by atoms with Gasteiger partial charge in [-0.25, -0.2) is 0 Å². The number of carbonyl (C=O) groups excluding carboxylic acids is 1. The molecule has 0 saturated carbocycles. The monoisotopic (exact) mass is 339 g/mol. The Balaban J connectivity index is 2.17. The van der Waals surface area contributed by atoms with E-state index in [1.54, 1.807) is 30.3 Å². The van der Waals surface area contributed by atoms with Crippen molar-refractivity contribution in [2.45, 2.75) is 6.42 Å². The van der Waals surface area contributed by atoms with Crippen LogP contribution in [0.15, 0.2) is 36.4 Å². The zero-order valence-electron chi connectivity index (χ0n) is 12.2. The fourth-order valence-electron chi connectivity index (χ4n) is 1.98. The number of hydrogen-bond acceptors (Lipinski definition) is 3. The molecule has 1 amide bonds. The molecule has 0 radical (unpaired) electrons. The molecule has 0 bridgehead atoms. The van der Waals surface area contributed by atoms with Gasteiger partial charge in [-0.15, -0.1) is 0 Å². The minimum Gasteiger partial charge on any atom is -0.495 e. The lowest BCUT2D eigenvalue weighted by atomic mass is 10.1. The molecule has 0 fully saturated rings. The summed E-state index contributed by atoms with van der Waals surface area (Å²) in [7, 11) is 3.01. The SMILES string of the molecule is COc1cc(NC(=O)Cc2cccc(Cl)c2)c(OC)cc1Cl. The van der Waals surface area contributed by atoms with Crippen LogP contribution in [0.5, 0.6) is 11.5 Å². The highest BCUT2D eigenvalue weighted by Gasteiger charge is 2.13. The number of rotatable bonds is 5. The number of ether oxygens (including phenoxy) is 2. The van der Waals surface area contributed by atoms with E-state index in [0.29, 0.717) is 27.2 Å². The maximum Gasteiger partial charge on any atom is 0.228 e. The Morgan fingerprint density at radius 2 is 1.82 bits per heavy atom. The molecule has 0 atom stereocenters. The predicted molar refractivity (Wildman–Crippen MR) is 88.3 cm³/mol. The summed E-state index contributed by atoms with van der Waals surface area (Å²) in [6.07, 6.45) is 0.203. The van der Waals surface area contributed by atoms with Gasteiger partial charge in [0.2, 0.25) is 5.91 Å². The van der Waals surface area contributed by atoms with Crippen LogP contribution in [0.25, 0.3) is 0 Å². The first-order chi connectivity index (χ1) is 10.5. The van der Waals surface area contributed by atoms with Crippen molar-refractivity contribution in [2.24, 2.45) is 0 Å². The van der Waals surface area contributed by atoms with Crippen LogP contribution in [0, 0.1) is 0 Å². The van der Waals surface area contributed by atoms with Gasteiger partial charge in [0.05, 0.1) is 31.4 Å². The fraction of sp³-hybridized carbons (Fsp3) is 0.188. The number of methoxy groups -OCH3 is 2. The molecule has 1 N–H and O–H groups in total. The first-order valence-corrected chi connectivity index (χ1v) is 7.25. The van der Waals surface area contributed by atoms with E-state index in [1.807, 2.05) is 6.07 Å². The average Bonchev–Trinajstić information content (AvgIpc) is 2.48. The van der Waals surface area contributed by atoms with E-state index < -0.39 is 0 Å². The fourth-order valence-corrected chi connectivity index (χ4v) is 2.43. The standard InChI is InChI=1S/C16H15Cl2NO3/c1-21-14-9-13(15(22-2)8-12(14)18)19-16(20)7-10-4-3-5-11(17)6-10/h3-6,8-9H,7H2,1-2H3,(H,19,20). The first kappa shape index (κ1) is 16.5. The van der Waals surface area contributed by atoms with Gasteiger partial charge in [-0.1, -0.05) is 35.3 Å². The van der Waals surface area contributed by atoms with Crippen LogP contribution in [0.1, 0.15) is 5.56 Å². The van der Waals surface area contributed by atoms with Crippen LogP contribution in [-0.4, -0.2) is 20.1 Å². The summed E-state index contributed by atoms with van der Waals surface area (Å²) in [4.78, 5) is 12.2. The van der Waals surface area contributed by atoms with Crippen molar-refractivity contribution in [3.63, 3.8) is 0 Å². The lowest BCUT2D eigenvalue weighted by Crippen LogP contribution is -2.15. The maximum absolute atomic E-state index is 12.2. The van der Waals surface area contributed by atoms with Gasteiger partial charge in [0.25, 0.3) is 0 Å². The Kier molecular flexibility index (Phi) is 5.52. The van der Waals surface area contributed by atoms with E-state index in [2.05, 4.69) is 5.32 Å². The van der Waals surface area contributed by atoms with Crippen molar-refractivity contribution in [1.82, 2.24) is 0 Å². The topological polar surface area (TPSA) is 47.6 Å². The molecule has 0 unspecified atom stereocenters. The molecule has 2 rings (SSSR count). The van der Waals surface area contributed by atoms with Crippen LogP contribution in [0.4, 0.5) is 5.69 Å². The lowest BCUT2D eigenvalue weighted by Gasteiger charge is -2.13. The van der Waals surface area contributed by atoms with Gasteiger partial charge in [-0.3, -0.25) is 4.79 Å². The molecule has 0 aliphatic heterocycles. The maximum atomic E-state index is 12.2. The summed E-state index contributed by atoms with van der Waals surface area (Å²) in [6, 6.07) is 10.4. The first-order valence-electron chi connectivity index (χ1n) is 6.49. The van der Waals surface area contributed by atoms with Crippen molar-refractivity contribution >= 4 is 34.8 Å². The van der Waals surface area contributed by atoms with Gasteiger partial charge < -0.3 is 14.8 Å². The molecule has 0 aliphatic carbocycles. The van der Waals surface area contributed by atoms with Crippen LogP contribution in [0.2, 0.25) is 10.0 Å². The van der Waals surface area contributed by atoms with Crippen molar-refractivity contribution in [3.05, 3.63) is 52.0 Å². The largest absolute Gasteiger partial charge is 0.495 e. The molecule has 0 heterocycles. The Bertz CT molecular complexity index is 689. The molecule has 0 saturated heterocycles. The summed E-state index contributed by atoms with van der Waals surface area (Å²) in [5.41, 5.74) is 1.32. The second kappa shape index (κ2) is 7.38. The highest BCUT2D eigenvalue weighted by atomic mass is 35.5. The quantitative estimate of drug-likeness (QED) is 0.888. The minimum atomic E-state index is -0.190. The summed E-state index contributed by atoms with van der Waals surface area (Å²) >= 11 is 11.9. The van der Waals surface area contributed by atoms with Gasteiger partial charge >= 0.3 is 0 Å². The molecule has 0 aromatic heterocycles. The number of halogens is 2. The molecular weight excluding hydrogens is 325 g/mol. The summed E-state index contributed by atoms with van der Waals surface area (Å²) in [5.74, 6) is 0.732. The number of nitrogens with one attached hydrogen (secondary N) is 1. The zero-order valence-corrected chi connectivity index (χ0v) is 13.7. The smallest absolute Gasteiger partial charge is 0.228 e. The Labute approximate surface area is 138 Å². The van der Waals surface area contributed by atoms with Gasteiger partial charge in [0.15, 0.2) is 0 Å². The van der Waals surface area contributed by atoms with Gasteiger partial charge in [0, 0.05) is 17.2 Å². The van der Waals surface area contributed by atoms with Crippen LogP contribution in [0.3, 0.4) is 0 Å². The van der Waals surface area contributed by atoms with E-state index in [-0.39, 0.29) is 12.3 Å². The van der Waals surface area contributed by atoms with Crippen molar-refractivity contribution in [3.8, 4) is 11.5 Å². The van der Waals surface area contributed by atoms with Gasteiger partial charge in [0.1, 0.15) is 11.5 Å². The number of carbonyl (C=O) groups is 1. The third-order valence-corrected chi connectivity index (χ3v) is 3.53. The number of benzene rings is 2. The second-order valence-corrected chi connectivity index (χ2v) is 5.39. The Morgan fingerprint density at radius 1 is 1.09 bits per heavy atom. The third kappa shape index (κ3) is 4.06. The zero-order chi connectivity index (χ0) is 16.1. The van der Waals surface area contributed by atoms with E-state index in [9.17, 15) is 4.79 Å². The second-order valence-electron chi connectivity index (χ2n) is 4.54. The average molecular weight is 340 g/mol. The molecule has 4 nitrogen and oxygen atoms in total.